The molecule has 0 aromatic rings. The zero-order chi connectivity index (χ0) is 7.95. The van der Waals surface area contributed by atoms with E-state index in [1.165, 1.54) is 0 Å². The highest BCUT2D eigenvalue weighted by Crippen LogP contribution is 2.60. The van der Waals surface area contributed by atoms with Gasteiger partial charge in [-0.2, -0.15) is 5.26 Å². The molecule has 0 radical (unpaired) electrons. The summed E-state index contributed by atoms with van der Waals surface area (Å²) in [5, 5.41) is 11.6. The first-order chi connectivity index (χ1) is 5.24. The molecule has 3 aliphatic rings. The average molecular weight is 150 g/mol. The summed E-state index contributed by atoms with van der Waals surface area (Å²) >= 11 is 0. The number of amides is 1. The summed E-state index contributed by atoms with van der Waals surface area (Å²) in [6.45, 7) is 0. The molecule has 3 nitrogen and oxygen atoms in total. The fourth-order valence-corrected chi connectivity index (χ4v) is 2.51. The first-order valence-electron chi connectivity index (χ1n) is 3.87. The predicted octanol–water partition coefficient (Wildman–Crippen LogP) is 0.569. The lowest BCUT2D eigenvalue weighted by Gasteiger charge is -2.42. The van der Waals surface area contributed by atoms with Gasteiger partial charge in [-0.05, 0) is 25.7 Å². The van der Waals surface area contributed by atoms with Crippen molar-refractivity contribution in [3.05, 3.63) is 0 Å². The van der Waals surface area contributed by atoms with E-state index in [2.05, 4.69) is 11.4 Å². The zero-order valence-electron chi connectivity index (χ0n) is 6.26. The second-order valence-corrected chi connectivity index (χ2v) is 3.79. The molecule has 58 valence electrons. The largest absolute Gasteiger partial charge is 0.353 e. The van der Waals surface area contributed by atoms with E-state index < -0.39 is 0 Å². The quantitative estimate of drug-likeness (QED) is 0.585. The van der Waals surface area contributed by atoms with Crippen LogP contribution in [0.25, 0.3) is 0 Å². The van der Waals surface area contributed by atoms with Gasteiger partial charge in [-0.25, -0.2) is 0 Å². The number of carbonyl (C=O) groups is 1. The molecule has 3 rings (SSSR count). The van der Waals surface area contributed by atoms with Gasteiger partial charge in [-0.3, -0.25) is 4.79 Å². The molecule has 0 saturated heterocycles. The number of nitrogens with one attached hydrogen (secondary N) is 1. The molecule has 11 heavy (non-hydrogen) atoms. The van der Waals surface area contributed by atoms with Crippen LogP contribution in [0.5, 0.6) is 0 Å². The van der Waals surface area contributed by atoms with Crippen LogP contribution in [0.3, 0.4) is 0 Å². The molecule has 3 aliphatic carbocycles. The van der Waals surface area contributed by atoms with Crippen molar-refractivity contribution in [1.82, 2.24) is 5.32 Å². The van der Waals surface area contributed by atoms with Gasteiger partial charge < -0.3 is 5.32 Å². The van der Waals surface area contributed by atoms with E-state index in [1.54, 1.807) is 0 Å². The van der Waals surface area contributed by atoms with Crippen LogP contribution in [-0.2, 0) is 4.79 Å². The minimum absolute atomic E-state index is 0.0114. The van der Waals surface area contributed by atoms with E-state index in [0.29, 0.717) is 0 Å². The van der Waals surface area contributed by atoms with Gasteiger partial charge in [0, 0.05) is 5.54 Å². The van der Waals surface area contributed by atoms with E-state index in [-0.39, 0.29) is 11.0 Å². The molecule has 3 fully saturated rings. The lowest BCUT2D eigenvalue weighted by Crippen LogP contribution is -2.52. The third-order valence-corrected chi connectivity index (χ3v) is 3.04. The third kappa shape index (κ3) is 0.697. The van der Waals surface area contributed by atoms with Gasteiger partial charge in [0.2, 0.25) is 6.41 Å². The maximum Gasteiger partial charge on any atom is 0.207 e. The number of hydrogen-bond donors (Lipinski definition) is 1. The maximum absolute atomic E-state index is 10.2. The van der Waals surface area contributed by atoms with Gasteiger partial charge in [-0.15, -0.1) is 0 Å². The van der Waals surface area contributed by atoms with E-state index >= 15 is 0 Å². The van der Waals surface area contributed by atoms with Gasteiger partial charge in [-0.1, -0.05) is 0 Å². The fourth-order valence-electron chi connectivity index (χ4n) is 2.51. The Balaban J connectivity index is 2.09. The topological polar surface area (TPSA) is 52.9 Å². The Morgan fingerprint density at radius 3 is 2.64 bits per heavy atom. The van der Waals surface area contributed by atoms with Crippen LogP contribution in [0.1, 0.15) is 25.7 Å². The lowest BCUT2D eigenvalue weighted by atomic mass is 9.66. The van der Waals surface area contributed by atoms with Gasteiger partial charge >= 0.3 is 0 Å². The van der Waals surface area contributed by atoms with Gasteiger partial charge in [0.05, 0.1) is 11.5 Å². The molecular weight excluding hydrogens is 140 g/mol. The molecule has 3 heteroatoms. The number of nitrogens with zero attached hydrogens (tertiary/aromatic N) is 1. The number of nitriles is 1. The summed E-state index contributed by atoms with van der Waals surface area (Å²) in [5.41, 5.74) is -0.0620. The van der Waals surface area contributed by atoms with Crippen molar-refractivity contribution >= 4 is 6.41 Å². The Morgan fingerprint density at radius 1 is 1.45 bits per heavy atom. The molecule has 0 aromatic heterocycles. The summed E-state index contributed by atoms with van der Waals surface area (Å²) in [4.78, 5) is 10.2. The van der Waals surface area contributed by atoms with E-state index in [4.69, 9.17) is 5.26 Å². The van der Waals surface area contributed by atoms with Gasteiger partial charge in [0.1, 0.15) is 0 Å². The molecule has 0 spiro atoms. The molecular formula is C8H10N2O. The van der Waals surface area contributed by atoms with Crippen LogP contribution in [-0.4, -0.2) is 11.9 Å². The van der Waals surface area contributed by atoms with Crippen molar-refractivity contribution in [3.63, 3.8) is 0 Å². The van der Waals surface area contributed by atoms with Crippen LogP contribution in [0.15, 0.2) is 0 Å². The van der Waals surface area contributed by atoms with Gasteiger partial charge in [0.15, 0.2) is 0 Å². The Hall–Kier alpha value is -1.04. The molecule has 0 aromatic carbocycles. The Kier molecular flexibility index (Phi) is 1.07. The molecule has 2 bridgehead atoms. The van der Waals surface area contributed by atoms with Crippen molar-refractivity contribution in [2.45, 2.75) is 31.2 Å². The molecule has 0 atom stereocenters. The van der Waals surface area contributed by atoms with Crippen LogP contribution in [0.4, 0.5) is 0 Å². The van der Waals surface area contributed by atoms with Crippen LogP contribution in [0, 0.1) is 16.7 Å². The van der Waals surface area contributed by atoms with Crippen molar-refractivity contribution in [2.75, 3.05) is 0 Å². The van der Waals surface area contributed by atoms with Crippen LogP contribution >= 0.6 is 0 Å². The lowest BCUT2D eigenvalue weighted by molar-refractivity contribution is -0.112. The van der Waals surface area contributed by atoms with Crippen LogP contribution in [0.2, 0.25) is 0 Å². The van der Waals surface area contributed by atoms with Crippen molar-refractivity contribution in [1.29, 1.82) is 5.26 Å². The summed E-state index contributed by atoms with van der Waals surface area (Å²) < 4.78 is 0. The highest BCUT2D eigenvalue weighted by molar-refractivity contribution is 5.50. The summed E-state index contributed by atoms with van der Waals surface area (Å²) in [7, 11) is 0. The Bertz CT molecular complexity index is 235. The highest BCUT2D eigenvalue weighted by Gasteiger charge is 2.61. The van der Waals surface area contributed by atoms with Crippen molar-refractivity contribution in [3.8, 4) is 6.07 Å². The summed E-state index contributed by atoms with van der Waals surface area (Å²) in [6.07, 6.45) is 4.45. The second kappa shape index (κ2) is 1.76. The van der Waals surface area contributed by atoms with Crippen LogP contribution < -0.4 is 5.32 Å². The van der Waals surface area contributed by atoms with Crippen molar-refractivity contribution < 1.29 is 4.79 Å². The number of rotatable bonds is 2. The second-order valence-electron chi connectivity index (χ2n) is 3.79. The molecule has 1 amide bonds. The standard InChI is InChI=1S/C8H10N2O/c9-5-7-1-2-8(3-7,4-7)10-6-11/h6H,1-4H2,(H,10,11). The first-order valence-corrected chi connectivity index (χ1v) is 3.87. The molecule has 0 heterocycles. The third-order valence-electron chi connectivity index (χ3n) is 3.04. The highest BCUT2D eigenvalue weighted by atomic mass is 16.1. The first kappa shape index (κ1) is 6.66. The molecule has 3 saturated carbocycles. The molecule has 0 unspecified atom stereocenters. The fraction of sp³-hybridized carbons (Fsp3) is 0.750. The monoisotopic (exact) mass is 150 g/mol. The molecule has 1 N–H and O–H groups in total. The van der Waals surface area contributed by atoms with E-state index in [9.17, 15) is 4.79 Å². The summed E-state index contributed by atoms with van der Waals surface area (Å²) in [6, 6.07) is 2.33. The normalized spacial score (nSPS) is 45.7. The minimum Gasteiger partial charge on any atom is -0.353 e. The Labute approximate surface area is 65.4 Å². The number of hydrogen-bond acceptors (Lipinski definition) is 2. The minimum atomic E-state index is -0.0734. The summed E-state index contributed by atoms with van der Waals surface area (Å²) in [5.74, 6) is 0. The van der Waals surface area contributed by atoms with Gasteiger partial charge in [0.25, 0.3) is 0 Å². The number of carbonyl (C=O) groups excluding carboxylic acids is 1. The van der Waals surface area contributed by atoms with Crippen molar-refractivity contribution in [2.24, 2.45) is 5.41 Å². The predicted molar refractivity (Wildman–Crippen MR) is 38.4 cm³/mol. The maximum atomic E-state index is 10.2. The Morgan fingerprint density at radius 2 is 2.18 bits per heavy atom. The SMILES string of the molecule is N#CC12CCC(NC=O)(C1)C2. The average Bonchev–Trinajstić information content (AvgIpc) is 2.43. The molecule has 0 aliphatic heterocycles. The number of fused-ring (bicyclic) bond motifs is 1. The smallest absolute Gasteiger partial charge is 0.207 e. The van der Waals surface area contributed by atoms with E-state index in [1.807, 2.05) is 0 Å². The van der Waals surface area contributed by atoms with E-state index in [0.717, 1.165) is 32.1 Å². The zero-order valence-corrected chi connectivity index (χ0v) is 6.26.